The topological polar surface area (TPSA) is 26.0 Å². The van der Waals surface area contributed by atoms with Gasteiger partial charge in [-0.15, -0.1) is 0 Å². The molecule has 0 bridgehead atoms. The van der Waals surface area contributed by atoms with Crippen LogP contribution in [-0.4, -0.2) is 12.2 Å². The normalized spacial score (nSPS) is 13.7. The molecule has 0 aromatic heterocycles. The largest absolute Gasteiger partial charge is 0.389 e. The quantitative estimate of drug-likeness (QED) is 0.842. The van der Waals surface area contributed by atoms with Gasteiger partial charge in [0.15, 0.2) is 0 Å². The molecule has 96 valence electrons. The number of benzene rings is 1. The lowest BCUT2D eigenvalue weighted by Gasteiger charge is -2.13. The van der Waals surface area contributed by atoms with Crippen molar-refractivity contribution in [3.63, 3.8) is 0 Å². The van der Waals surface area contributed by atoms with Crippen molar-refractivity contribution in [2.75, 3.05) is 0 Å². The predicted octanol–water partition coefficient (Wildman–Crippen LogP) is 3.60. The predicted molar refractivity (Wildman–Crippen MR) is 62.8 cm³/mol. The van der Waals surface area contributed by atoms with Crippen molar-refractivity contribution in [2.24, 2.45) is 5.73 Å². The van der Waals surface area contributed by atoms with Gasteiger partial charge in [0.2, 0.25) is 0 Å². The lowest BCUT2D eigenvalue weighted by atomic mass is 10.0. The van der Waals surface area contributed by atoms with Gasteiger partial charge in [0.25, 0.3) is 0 Å². The molecule has 1 aromatic rings. The molecule has 0 aliphatic heterocycles. The fraction of sp³-hybridized carbons (Fsp3) is 0.538. The third-order valence-corrected chi connectivity index (χ3v) is 2.68. The summed E-state index contributed by atoms with van der Waals surface area (Å²) in [6.45, 7) is 1.99. The van der Waals surface area contributed by atoms with E-state index in [-0.39, 0.29) is 12.5 Å². The Hall–Kier alpha value is -1.03. The standard InChI is InChI=1S/C13H18F3N/c1-10-3-2-4-11(9-10)5-6-12(17)7-8-13(14,15)16/h2-4,9,12H,5-8,17H2,1H3. The second-order valence-corrected chi connectivity index (χ2v) is 4.44. The number of nitrogens with two attached hydrogens (primary N) is 1. The van der Waals surface area contributed by atoms with E-state index in [0.717, 1.165) is 17.5 Å². The minimum atomic E-state index is -4.10. The first kappa shape index (κ1) is 14.0. The summed E-state index contributed by atoms with van der Waals surface area (Å²) < 4.78 is 35.9. The molecule has 1 rings (SSSR count). The van der Waals surface area contributed by atoms with Gasteiger partial charge in [0.05, 0.1) is 0 Å². The minimum absolute atomic E-state index is 0.00924. The van der Waals surface area contributed by atoms with Crippen LogP contribution in [0.4, 0.5) is 13.2 Å². The highest BCUT2D eigenvalue weighted by Gasteiger charge is 2.27. The molecule has 0 fully saturated rings. The summed E-state index contributed by atoms with van der Waals surface area (Å²) in [4.78, 5) is 0. The van der Waals surface area contributed by atoms with Crippen molar-refractivity contribution < 1.29 is 13.2 Å². The Morgan fingerprint density at radius 2 is 1.94 bits per heavy atom. The van der Waals surface area contributed by atoms with Crippen LogP contribution in [0.2, 0.25) is 0 Å². The first-order valence-electron chi connectivity index (χ1n) is 5.75. The van der Waals surface area contributed by atoms with E-state index in [1.54, 1.807) is 0 Å². The highest BCUT2D eigenvalue weighted by Crippen LogP contribution is 2.22. The lowest BCUT2D eigenvalue weighted by Crippen LogP contribution is -2.23. The number of alkyl halides is 3. The molecule has 1 nitrogen and oxygen atoms in total. The molecule has 0 aliphatic rings. The summed E-state index contributed by atoms with van der Waals surface area (Å²) in [5, 5.41) is 0. The van der Waals surface area contributed by atoms with Crippen LogP contribution in [0.15, 0.2) is 24.3 Å². The van der Waals surface area contributed by atoms with Crippen LogP contribution >= 0.6 is 0 Å². The van der Waals surface area contributed by atoms with Crippen LogP contribution in [0.25, 0.3) is 0 Å². The molecule has 1 atom stereocenters. The van der Waals surface area contributed by atoms with E-state index in [4.69, 9.17) is 5.73 Å². The third-order valence-electron chi connectivity index (χ3n) is 2.68. The molecule has 0 saturated carbocycles. The Kier molecular flexibility index (Phi) is 5.00. The zero-order valence-electron chi connectivity index (χ0n) is 9.93. The van der Waals surface area contributed by atoms with Gasteiger partial charge in [-0.05, 0) is 31.7 Å². The van der Waals surface area contributed by atoms with E-state index in [2.05, 4.69) is 0 Å². The molecular formula is C13H18F3N. The average Bonchev–Trinajstić information content (AvgIpc) is 2.23. The van der Waals surface area contributed by atoms with Crippen molar-refractivity contribution >= 4 is 0 Å². The highest BCUT2D eigenvalue weighted by molar-refractivity contribution is 5.22. The molecule has 1 aromatic carbocycles. The fourth-order valence-electron chi connectivity index (χ4n) is 1.71. The summed E-state index contributed by atoms with van der Waals surface area (Å²) in [6, 6.07) is 7.58. The highest BCUT2D eigenvalue weighted by atomic mass is 19.4. The number of aryl methyl sites for hydroxylation is 2. The van der Waals surface area contributed by atoms with Gasteiger partial charge in [-0.2, -0.15) is 13.2 Å². The van der Waals surface area contributed by atoms with E-state index in [0.29, 0.717) is 6.42 Å². The van der Waals surface area contributed by atoms with Gasteiger partial charge in [0, 0.05) is 12.5 Å². The van der Waals surface area contributed by atoms with Crippen LogP contribution in [0.3, 0.4) is 0 Å². The summed E-state index contributed by atoms with van der Waals surface area (Å²) in [5.74, 6) is 0. The maximum atomic E-state index is 12.0. The van der Waals surface area contributed by atoms with E-state index >= 15 is 0 Å². The zero-order valence-corrected chi connectivity index (χ0v) is 9.93. The molecule has 0 radical (unpaired) electrons. The molecule has 2 N–H and O–H groups in total. The Bertz CT molecular complexity index is 347. The Labute approximate surface area is 99.8 Å². The molecule has 0 aliphatic carbocycles. The van der Waals surface area contributed by atoms with Gasteiger partial charge < -0.3 is 5.73 Å². The average molecular weight is 245 g/mol. The Morgan fingerprint density at radius 1 is 1.24 bits per heavy atom. The molecule has 1 unspecified atom stereocenters. The third kappa shape index (κ3) is 6.31. The number of rotatable bonds is 5. The van der Waals surface area contributed by atoms with Gasteiger partial charge in [-0.3, -0.25) is 0 Å². The monoisotopic (exact) mass is 245 g/mol. The van der Waals surface area contributed by atoms with Crippen LogP contribution in [0.1, 0.15) is 30.4 Å². The molecular weight excluding hydrogens is 227 g/mol. The van der Waals surface area contributed by atoms with Gasteiger partial charge >= 0.3 is 6.18 Å². The maximum Gasteiger partial charge on any atom is 0.389 e. The zero-order chi connectivity index (χ0) is 12.9. The van der Waals surface area contributed by atoms with Crippen LogP contribution in [-0.2, 0) is 6.42 Å². The molecule has 0 amide bonds. The number of hydrogen-bond acceptors (Lipinski definition) is 1. The van der Waals surface area contributed by atoms with Crippen LogP contribution < -0.4 is 5.73 Å². The van der Waals surface area contributed by atoms with Gasteiger partial charge in [-0.1, -0.05) is 29.8 Å². The summed E-state index contributed by atoms with van der Waals surface area (Å²) >= 11 is 0. The second-order valence-electron chi connectivity index (χ2n) is 4.44. The summed E-state index contributed by atoms with van der Waals surface area (Å²) in [6.07, 6.45) is -3.54. The van der Waals surface area contributed by atoms with Crippen molar-refractivity contribution in [1.82, 2.24) is 0 Å². The molecule has 0 saturated heterocycles. The summed E-state index contributed by atoms with van der Waals surface area (Å²) in [7, 11) is 0. The van der Waals surface area contributed by atoms with E-state index in [1.807, 2.05) is 31.2 Å². The van der Waals surface area contributed by atoms with Crippen molar-refractivity contribution in [2.45, 2.75) is 44.8 Å². The first-order chi connectivity index (χ1) is 7.87. The fourth-order valence-corrected chi connectivity index (χ4v) is 1.71. The Morgan fingerprint density at radius 3 is 2.53 bits per heavy atom. The maximum absolute atomic E-state index is 12.0. The van der Waals surface area contributed by atoms with Crippen LogP contribution in [0.5, 0.6) is 0 Å². The van der Waals surface area contributed by atoms with E-state index in [1.165, 1.54) is 0 Å². The van der Waals surface area contributed by atoms with Gasteiger partial charge in [-0.25, -0.2) is 0 Å². The van der Waals surface area contributed by atoms with E-state index in [9.17, 15) is 13.2 Å². The minimum Gasteiger partial charge on any atom is -0.328 e. The molecule has 0 heterocycles. The Balaban J connectivity index is 2.31. The lowest BCUT2D eigenvalue weighted by molar-refractivity contribution is -0.136. The smallest absolute Gasteiger partial charge is 0.328 e. The first-order valence-corrected chi connectivity index (χ1v) is 5.75. The number of hydrogen-bond donors (Lipinski definition) is 1. The summed E-state index contributed by atoms with van der Waals surface area (Å²) in [5.41, 5.74) is 7.96. The molecule has 17 heavy (non-hydrogen) atoms. The molecule has 0 spiro atoms. The van der Waals surface area contributed by atoms with E-state index < -0.39 is 12.6 Å². The van der Waals surface area contributed by atoms with Crippen molar-refractivity contribution in [1.29, 1.82) is 0 Å². The number of halogens is 3. The molecule has 4 heteroatoms. The van der Waals surface area contributed by atoms with Crippen molar-refractivity contribution in [3.05, 3.63) is 35.4 Å². The SMILES string of the molecule is Cc1cccc(CCC(N)CCC(F)(F)F)c1. The van der Waals surface area contributed by atoms with Crippen molar-refractivity contribution in [3.8, 4) is 0 Å². The second kappa shape index (κ2) is 6.05. The van der Waals surface area contributed by atoms with Crippen LogP contribution in [0, 0.1) is 6.92 Å². The van der Waals surface area contributed by atoms with Gasteiger partial charge in [0.1, 0.15) is 0 Å².